The van der Waals surface area contributed by atoms with E-state index < -0.39 is 17.6 Å². The van der Waals surface area contributed by atoms with Crippen LogP contribution in [-0.2, 0) is 7.05 Å². The minimum atomic E-state index is -0.729. The lowest BCUT2D eigenvalue weighted by Gasteiger charge is -2.05. The molecule has 106 valence electrons. The number of carbonyl (C=O) groups excluding carboxylic acids is 1. The maximum absolute atomic E-state index is 13.0. The van der Waals surface area contributed by atoms with Gasteiger partial charge in [-0.2, -0.15) is 4.39 Å². The molecule has 0 atom stereocenters. The Morgan fingerprint density at radius 3 is 2.90 bits per heavy atom. The number of anilines is 1. The van der Waals surface area contributed by atoms with E-state index in [4.69, 9.17) is 4.42 Å². The summed E-state index contributed by atoms with van der Waals surface area (Å²) in [7, 11) is 1.59. The first-order valence-corrected chi connectivity index (χ1v) is 6.07. The number of nitrogens with one attached hydrogen (secondary N) is 1. The van der Waals surface area contributed by atoms with Crippen LogP contribution < -0.4 is 11.1 Å². The van der Waals surface area contributed by atoms with Gasteiger partial charge in [-0.3, -0.25) is 9.36 Å². The molecule has 0 aliphatic carbocycles. The first-order valence-electron chi connectivity index (χ1n) is 6.07. The maximum atomic E-state index is 13.0. The normalized spacial score (nSPS) is 10.8. The molecule has 1 N–H and O–H groups in total. The second-order valence-corrected chi connectivity index (χ2v) is 4.43. The van der Waals surface area contributed by atoms with Gasteiger partial charge in [-0.1, -0.05) is 0 Å². The maximum Gasteiger partial charge on any atom is 0.419 e. The zero-order valence-electron chi connectivity index (χ0n) is 11.0. The molecular weight excluding hydrogens is 277 g/mol. The fourth-order valence-corrected chi connectivity index (χ4v) is 1.96. The molecule has 0 radical (unpaired) electrons. The molecule has 0 saturated carbocycles. The number of amides is 1. The predicted molar refractivity (Wildman–Crippen MR) is 73.6 cm³/mol. The highest BCUT2D eigenvalue weighted by molar-refractivity contribution is 6.04. The Labute approximate surface area is 117 Å². The molecule has 7 heteroatoms. The number of fused-ring (bicyclic) bond motifs is 1. The minimum absolute atomic E-state index is 0.150. The topological polar surface area (TPSA) is 77.1 Å². The van der Waals surface area contributed by atoms with E-state index in [1.807, 2.05) is 0 Å². The molecule has 6 nitrogen and oxygen atoms in total. The first kappa shape index (κ1) is 13.0. The van der Waals surface area contributed by atoms with Crippen LogP contribution in [0.15, 0.2) is 45.7 Å². The van der Waals surface area contributed by atoms with Gasteiger partial charge in [0.1, 0.15) is 0 Å². The van der Waals surface area contributed by atoms with Gasteiger partial charge in [0.15, 0.2) is 5.58 Å². The number of aryl methyl sites for hydroxylation is 1. The van der Waals surface area contributed by atoms with Crippen molar-refractivity contribution in [3.8, 4) is 0 Å². The van der Waals surface area contributed by atoms with E-state index in [2.05, 4.69) is 10.3 Å². The monoisotopic (exact) mass is 287 g/mol. The fraction of sp³-hybridized carbons (Fsp3) is 0.0714. The number of benzene rings is 1. The number of pyridine rings is 1. The number of hydrogen-bond acceptors (Lipinski definition) is 4. The summed E-state index contributed by atoms with van der Waals surface area (Å²) in [5.41, 5.74) is 1.57. The molecular formula is C14H10FN3O3. The van der Waals surface area contributed by atoms with Crippen LogP contribution in [0.4, 0.5) is 10.1 Å². The highest BCUT2D eigenvalue weighted by Crippen LogP contribution is 2.18. The summed E-state index contributed by atoms with van der Waals surface area (Å²) in [6.07, 6.45) is 1.21. The Bertz CT molecular complexity index is 898. The molecule has 3 rings (SSSR count). The first-order chi connectivity index (χ1) is 10.0. The second-order valence-electron chi connectivity index (χ2n) is 4.43. The van der Waals surface area contributed by atoms with E-state index in [1.54, 1.807) is 19.2 Å². The third-order valence-electron chi connectivity index (χ3n) is 3.04. The quantitative estimate of drug-likeness (QED) is 0.730. The van der Waals surface area contributed by atoms with Crippen LogP contribution in [0.25, 0.3) is 11.1 Å². The number of oxazole rings is 1. The molecule has 1 aromatic carbocycles. The third kappa shape index (κ3) is 2.40. The Hall–Kier alpha value is -2.96. The SMILES string of the molecule is Cn1c(=O)oc2cc(NC(=O)c3ccnc(F)c3)ccc21. The van der Waals surface area contributed by atoms with Crippen molar-refractivity contribution in [2.45, 2.75) is 0 Å². The molecule has 0 aliphatic rings. The van der Waals surface area contributed by atoms with Gasteiger partial charge in [0.2, 0.25) is 5.95 Å². The van der Waals surface area contributed by atoms with Crippen LogP contribution in [0.3, 0.4) is 0 Å². The van der Waals surface area contributed by atoms with Crippen LogP contribution in [0.2, 0.25) is 0 Å². The summed E-state index contributed by atoms with van der Waals surface area (Å²) >= 11 is 0. The van der Waals surface area contributed by atoms with E-state index >= 15 is 0 Å². The number of nitrogens with zero attached hydrogens (tertiary/aromatic N) is 2. The summed E-state index contributed by atoms with van der Waals surface area (Å²) in [5, 5.41) is 2.60. The fourth-order valence-electron chi connectivity index (χ4n) is 1.96. The van der Waals surface area contributed by atoms with Gasteiger partial charge in [-0.15, -0.1) is 0 Å². The molecule has 1 amide bonds. The Morgan fingerprint density at radius 1 is 1.33 bits per heavy atom. The molecule has 0 spiro atoms. The van der Waals surface area contributed by atoms with Gasteiger partial charge in [0, 0.05) is 36.6 Å². The zero-order chi connectivity index (χ0) is 15.0. The van der Waals surface area contributed by atoms with Crippen molar-refractivity contribution in [2.24, 2.45) is 7.05 Å². The van der Waals surface area contributed by atoms with Crippen LogP contribution in [0.1, 0.15) is 10.4 Å². The summed E-state index contributed by atoms with van der Waals surface area (Å²) in [6, 6.07) is 7.26. The summed E-state index contributed by atoms with van der Waals surface area (Å²) in [4.78, 5) is 26.7. The Kier molecular flexibility index (Phi) is 3.02. The summed E-state index contributed by atoms with van der Waals surface area (Å²) in [6.45, 7) is 0. The molecule has 0 bridgehead atoms. The number of carbonyl (C=O) groups is 1. The highest BCUT2D eigenvalue weighted by Gasteiger charge is 2.10. The van der Waals surface area contributed by atoms with Crippen molar-refractivity contribution in [1.29, 1.82) is 0 Å². The van der Waals surface area contributed by atoms with Crippen LogP contribution in [0.5, 0.6) is 0 Å². The largest absolute Gasteiger partial charge is 0.419 e. The molecule has 0 aliphatic heterocycles. The lowest BCUT2D eigenvalue weighted by Crippen LogP contribution is -2.12. The number of rotatable bonds is 2. The third-order valence-corrected chi connectivity index (χ3v) is 3.04. The average Bonchev–Trinajstić information content (AvgIpc) is 2.73. The van der Waals surface area contributed by atoms with Crippen LogP contribution in [0, 0.1) is 5.95 Å². The minimum Gasteiger partial charge on any atom is -0.408 e. The van der Waals surface area contributed by atoms with Crippen molar-refractivity contribution in [3.05, 3.63) is 58.6 Å². The van der Waals surface area contributed by atoms with Gasteiger partial charge >= 0.3 is 5.76 Å². The molecule has 0 fully saturated rings. The van der Waals surface area contributed by atoms with Gasteiger partial charge in [-0.25, -0.2) is 9.78 Å². The molecule has 2 aromatic heterocycles. The van der Waals surface area contributed by atoms with E-state index in [0.717, 1.165) is 6.07 Å². The lowest BCUT2D eigenvalue weighted by molar-refractivity contribution is 0.102. The van der Waals surface area contributed by atoms with Crippen molar-refractivity contribution < 1.29 is 13.6 Å². The number of hydrogen-bond donors (Lipinski definition) is 1. The molecule has 0 unspecified atom stereocenters. The highest BCUT2D eigenvalue weighted by atomic mass is 19.1. The summed E-state index contributed by atoms with van der Waals surface area (Å²) in [5.74, 6) is -1.69. The predicted octanol–water partition coefficient (Wildman–Crippen LogP) is 1.92. The van der Waals surface area contributed by atoms with Gasteiger partial charge in [0.05, 0.1) is 5.52 Å². The van der Waals surface area contributed by atoms with Crippen molar-refractivity contribution >= 4 is 22.7 Å². The summed E-state index contributed by atoms with van der Waals surface area (Å²) < 4.78 is 19.4. The second kappa shape index (κ2) is 4.86. The Balaban J connectivity index is 1.91. The van der Waals surface area contributed by atoms with Gasteiger partial charge in [-0.05, 0) is 18.2 Å². The van der Waals surface area contributed by atoms with E-state index in [-0.39, 0.29) is 5.56 Å². The van der Waals surface area contributed by atoms with Crippen molar-refractivity contribution in [2.75, 3.05) is 5.32 Å². The Morgan fingerprint density at radius 2 is 2.14 bits per heavy atom. The molecule has 0 saturated heterocycles. The van der Waals surface area contributed by atoms with E-state index in [9.17, 15) is 14.0 Å². The van der Waals surface area contributed by atoms with E-state index in [1.165, 1.54) is 22.9 Å². The van der Waals surface area contributed by atoms with Gasteiger partial charge in [0.25, 0.3) is 5.91 Å². The number of halogens is 1. The van der Waals surface area contributed by atoms with Gasteiger partial charge < -0.3 is 9.73 Å². The van der Waals surface area contributed by atoms with Crippen molar-refractivity contribution in [3.63, 3.8) is 0 Å². The van der Waals surface area contributed by atoms with Crippen LogP contribution in [-0.4, -0.2) is 15.5 Å². The van der Waals surface area contributed by atoms with E-state index in [0.29, 0.717) is 16.8 Å². The zero-order valence-corrected chi connectivity index (χ0v) is 11.0. The molecule has 3 aromatic rings. The van der Waals surface area contributed by atoms with Crippen LogP contribution >= 0.6 is 0 Å². The standard InChI is InChI=1S/C14H10FN3O3/c1-18-10-3-2-9(7-11(10)21-14(18)20)17-13(19)8-4-5-16-12(15)6-8/h2-7H,1H3,(H,17,19). The smallest absolute Gasteiger partial charge is 0.408 e. The van der Waals surface area contributed by atoms with Crippen molar-refractivity contribution in [1.82, 2.24) is 9.55 Å². The molecule has 2 heterocycles. The molecule has 21 heavy (non-hydrogen) atoms. The average molecular weight is 287 g/mol. The lowest BCUT2D eigenvalue weighted by atomic mass is 10.2. The number of aromatic nitrogens is 2.